The molecule has 1 aromatic heterocycles. The highest BCUT2D eigenvalue weighted by Crippen LogP contribution is 2.32. The Morgan fingerprint density at radius 2 is 2.04 bits per heavy atom. The number of likely N-dealkylation sites (tertiary alicyclic amines) is 1. The van der Waals surface area contributed by atoms with E-state index in [-0.39, 0.29) is 5.92 Å². The van der Waals surface area contributed by atoms with Crippen LogP contribution in [0, 0.1) is 22.8 Å². The van der Waals surface area contributed by atoms with Crippen LogP contribution in [0.4, 0.5) is 6.01 Å². The average molecular weight is 320 g/mol. The number of rotatable bonds is 3. The van der Waals surface area contributed by atoms with E-state index in [2.05, 4.69) is 33.4 Å². The van der Waals surface area contributed by atoms with Crippen LogP contribution in [0.25, 0.3) is 0 Å². The predicted octanol–water partition coefficient (Wildman–Crippen LogP) is 1.82. The zero-order valence-corrected chi connectivity index (χ0v) is 13.1. The third kappa shape index (κ3) is 2.55. The van der Waals surface area contributed by atoms with Crippen molar-refractivity contribution in [3.05, 3.63) is 41.2 Å². The van der Waals surface area contributed by atoms with Crippen molar-refractivity contribution in [2.24, 2.45) is 0 Å². The lowest BCUT2D eigenvalue weighted by Gasteiger charge is -2.38. The summed E-state index contributed by atoms with van der Waals surface area (Å²) in [6, 6.07) is 10.5. The van der Waals surface area contributed by atoms with Gasteiger partial charge in [0, 0.05) is 38.0 Å². The van der Waals surface area contributed by atoms with E-state index in [1.54, 1.807) is 4.90 Å². The molecule has 0 spiro atoms. The SMILES string of the molecule is N#Cc1cccc(C2CN(c3nc(C4CCN(C#N)C4)no3)C2)c1. The number of benzene rings is 1. The normalized spacial score (nSPS) is 20.5. The fourth-order valence-corrected chi connectivity index (χ4v) is 3.29. The lowest BCUT2D eigenvalue weighted by Crippen LogP contribution is -2.45. The number of hydrogen-bond acceptors (Lipinski definition) is 7. The number of nitrogens with zero attached hydrogens (tertiary/aromatic N) is 6. The van der Waals surface area contributed by atoms with Crippen molar-refractivity contribution in [2.75, 3.05) is 31.1 Å². The Labute approximate surface area is 139 Å². The van der Waals surface area contributed by atoms with Gasteiger partial charge in [-0.3, -0.25) is 0 Å². The molecule has 24 heavy (non-hydrogen) atoms. The van der Waals surface area contributed by atoms with Gasteiger partial charge in [0.15, 0.2) is 12.0 Å². The van der Waals surface area contributed by atoms with Crippen LogP contribution in [-0.2, 0) is 0 Å². The second-order valence-electron chi connectivity index (χ2n) is 6.31. The molecule has 0 saturated carbocycles. The maximum atomic E-state index is 8.99. The van der Waals surface area contributed by atoms with Crippen molar-refractivity contribution < 1.29 is 4.52 Å². The molecular formula is C17H16N6O. The highest BCUT2D eigenvalue weighted by molar-refractivity contribution is 5.41. The van der Waals surface area contributed by atoms with Gasteiger partial charge in [-0.05, 0) is 24.1 Å². The lowest BCUT2D eigenvalue weighted by atomic mass is 9.91. The molecule has 7 heteroatoms. The van der Waals surface area contributed by atoms with Crippen LogP contribution < -0.4 is 4.90 Å². The molecule has 2 aliphatic rings. The smallest absolute Gasteiger partial charge is 0.323 e. The van der Waals surface area contributed by atoms with E-state index < -0.39 is 0 Å². The summed E-state index contributed by atoms with van der Waals surface area (Å²) in [6.07, 6.45) is 3.05. The minimum absolute atomic E-state index is 0.173. The van der Waals surface area contributed by atoms with Crippen LogP contribution in [0.3, 0.4) is 0 Å². The number of aromatic nitrogens is 2. The molecule has 2 fully saturated rings. The lowest BCUT2D eigenvalue weighted by molar-refractivity contribution is 0.375. The van der Waals surface area contributed by atoms with E-state index in [1.807, 2.05) is 18.2 Å². The minimum Gasteiger partial charge on any atom is -0.323 e. The maximum absolute atomic E-state index is 8.99. The molecule has 7 nitrogen and oxygen atoms in total. The van der Waals surface area contributed by atoms with Crippen LogP contribution in [0.5, 0.6) is 0 Å². The van der Waals surface area contributed by atoms with E-state index in [0.717, 1.165) is 26.1 Å². The third-order valence-corrected chi connectivity index (χ3v) is 4.77. The predicted molar refractivity (Wildman–Crippen MR) is 85.0 cm³/mol. The molecule has 3 heterocycles. The van der Waals surface area contributed by atoms with Crippen LogP contribution in [-0.4, -0.2) is 41.2 Å². The Kier molecular flexibility index (Phi) is 3.55. The highest BCUT2D eigenvalue weighted by Gasteiger charge is 2.33. The average Bonchev–Trinajstić information content (AvgIpc) is 3.22. The standard InChI is InChI=1S/C17H16N6O/c18-7-12-2-1-3-13(6-12)15-9-23(10-15)17-20-16(21-24-17)14-4-5-22(8-14)11-19/h1-3,6,14-15H,4-5,8-10H2. The molecule has 1 aromatic carbocycles. The van der Waals surface area contributed by atoms with Crippen LogP contribution in [0.2, 0.25) is 0 Å². The molecule has 1 unspecified atom stereocenters. The summed E-state index contributed by atoms with van der Waals surface area (Å²) in [6.45, 7) is 3.04. The van der Waals surface area contributed by atoms with Crippen molar-refractivity contribution in [3.8, 4) is 12.3 Å². The van der Waals surface area contributed by atoms with Crippen LogP contribution in [0.15, 0.2) is 28.8 Å². The maximum Gasteiger partial charge on any atom is 0.324 e. The van der Waals surface area contributed by atoms with Crippen molar-refractivity contribution in [1.82, 2.24) is 15.0 Å². The first-order chi connectivity index (χ1) is 11.8. The topological polar surface area (TPSA) is 93.0 Å². The number of hydrogen-bond donors (Lipinski definition) is 0. The van der Waals surface area contributed by atoms with E-state index in [9.17, 15) is 0 Å². The molecule has 2 saturated heterocycles. The molecule has 0 aliphatic carbocycles. The molecule has 0 amide bonds. The first kappa shape index (κ1) is 14.5. The Morgan fingerprint density at radius 1 is 1.17 bits per heavy atom. The fourth-order valence-electron chi connectivity index (χ4n) is 3.29. The Balaban J connectivity index is 1.39. The van der Waals surface area contributed by atoms with Crippen molar-refractivity contribution in [3.63, 3.8) is 0 Å². The van der Waals surface area contributed by atoms with Gasteiger partial charge in [0.1, 0.15) is 0 Å². The first-order valence-electron chi connectivity index (χ1n) is 8.00. The molecule has 2 aliphatic heterocycles. The summed E-state index contributed by atoms with van der Waals surface area (Å²) in [5.74, 6) is 1.25. The van der Waals surface area contributed by atoms with Crippen molar-refractivity contribution in [2.45, 2.75) is 18.3 Å². The Morgan fingerprint density at radius 3 is 2.79 bits per heavy atom. The van der Waals surface area contributed by atoms with Gasteiger partial charge in [-0.2, -0.15) is 15.5 Å². The van der Waals surface area contributed by atoms with Crippen molar-refractivity contribution >= 4 is 6.01 Å². The van der Waals surface area contributed by atoms with Gasteiger partial charge < -0.3 is 14.3 Å². The van der Waals surface area contributed by atoms with Crippen LogP contribution in [0.1, 0.15) is 35.2 Å². The highest BCUT2D eigenvalue weighted by atomic mass is 16.5. The summed E-state index contributed by atoms with van der Waals surface area (Å²) in [5, 5.41) is 22.0. The van der Waals surface area contributed by atoms with E-state index in [4.69, 9.17) is 15.0 Å². The summed E-state index contributed by atoms with van der Waals surface area (Å²) in [5.41, 5.74) is 1.86. The summed E-state index contributed by atoms with van der Waals surface area (Å²) in [4.78, 5) is 8.28. The van der Waals surface area contributed by atoms with Crippen molar-refractivity contribution in [1.29, 1.82) is 10.5 Å². The first-order valence-corrected chi connectivity index (χ1v) is 8.00. The Hall–Kier alpha value is -3.06. The molecular weight excluding hydrogens is 304 g/mol. The fraction of sp³-hybridized carbons (Fsp3) is 0.412. The molecule has 120 valence electrons. The molecule has 0 bridgehead atoms. The zero-order valence-electron chi connectivity index (χ0n) is 13.1. The molecule has 0 radical (unpaired) electrons. The van der Waals surface area contributed by atoms with Gasteiger partial charge in [-0.25, -0.2) is 0 Å². The zero-order chi connectivity index (χ0) is 16.5. The Bertz CT molecular complexity index is 826. The second kappa shape index (κ2) is 5.86. The monoisotopic (exact) mass is 320 g/mol. The van der Waals surface area contributed by atoms with Gasteiger partial charge in [0.25, 0.3) is 0 Å². The quantitative estimate of drug-likeness (QED) is 0.796. The summed E-state index contributed by atoms with van der Waals surface area (Å²) < 4.78 is 5.39. The second-order valence-corrected chi connectivity index (χ2v) is 6.31. The molecule has 4 rings (SSSR count). The number of nitriles is 2. The van der Waals surface area contributed by atoms with Gasteiger partial charge in [0.05, 0.1) is 11.6 Å². The molecule has 2 aromatic rings. The number of anilines is 1. The summed E-state index contributed by atoms with van der Waals surface area (Å²) >= 11 is 0. The summed E-state index contributed by atoms with van der Waals surface area (Å²) in [7, 11) is 0. The van der Waals surface area contributed by atoms with E-state index in [0.29, 0.717) is 29.9 Å². The van der Waals surface area contributed by atoms with Gasteiger partial charge in [-0.1, -0.05) is 17.3 Å². The minimum atomic E-state index is 0.173. The largest absolute Gasteiger partial charge is 0.324 e. The van der Waals surface area contributed by atoms with Gasteiger partial charge in [-0.15, -0.1) is 0 Å². The third-order valence-electron chi connectivity index (χ3n) is 4.77. The molecule has 1 atom stereocenters. The van der Waals surface area contributed by atoms with Crippen LogP contribution >= 0.6 is 0 Å². The van der Waals surface area contributed by atoms with E-state index >= 15 is 0 Å². The van der Waals surface area contributed by atoms with E-state index in [1.165, 1.54) is 5.56 Å². The van der Waals surface area contributed by atoms with Gasteiger partial charge in [0.2, 0.25) is 0 Å². The molecule has 0 N–H and O–H groups in total. The van der Waals surface area contributed by atoms with Gasteiger partial charge >= 0.3 is 6.01 Å².